The standard InChI is InChI=1S/C42H39NO3S.H2O/c1-31-19-25-40(26-20-31)47(45,46)43-29-33(3)41(42(44,30-43)39-23-21-37(22-24-39)35-15-9-5-10-16-35)32(2)27-38(36-17-11-6-12-18-36)28-34-13-7-4-8-14-34;/h4-26,28,44H,2,27,29-30H2,1,3H3;1H2/b38-28+;/t42-;/m1./s1. The molecule has 0 aromatic heterocycles. The van der Waals surface area contributed by atoms with Crippen LogP contribution in [-0.2, 0) is 15.6 Å². The Bertz CT molecular complexity index is 2040. The fourth-order valence-electron chi connectivity index (χ4n) is 6.47. The third-order valence-corrected chi connectivity index (χ3v) is 10.6. The van der Waals surface area contributed by atoms with Gasteiger partial charge in [-0.1, -0.05) is 151 Å². The van der Waals surface area contributed by atoms with Crippen molar-refractivity contribution in [3.05, 3.63) is 185 Å². The van der Waals surface area contributed by atoms with E-state index in [0.29, 0.717) is 17.6 Å². The maximum Gasteiger partial charge on any atom is 0.243 e. The second-order valence-electron chi connectivity index (χ2n) is 12.3. The van der Waals surface area contributed by atoms with E-state index in [-0.39, 0.29) is 23.5 Å². The first-order valence-electron chi connectivity index (χ1n) is 15.8. The number of sulfonamides is 1. The Morgan fingerprint density at radius 2 is 1.31 bits per heavy atom. The van der Waals surface area contributed by atoms with Crippen LogP contribution < -0.4 is 0 Å². The number of rotatable bonds is 9. The van der Waals surface area contributed by atoms with Gasteiger partial charge in [0.05, 0.1) is 11.4 Å². The average molecular weight is 656 g/mol. The van der Waals surface area contributed by atoms with Gasteiger partial charge in [-0.2, -0.15) is 4.31 Å². The molecule has 0 saturated carbocycles. The molecule has 5 nitrogen and oxygen atoms in total. The molecule has 0 aliphatic carbocycles. The molecule has 1 heterocycles. The Hall–Kier alpha value is -4.85. The summed E-state index contributed by atoms with van der Waals surface area (Å²) in [5.74, 6) is 0. The van der Waals surface area contributed by atoms with Crippen molar-refractivity contribution in [1.29, 1.82) is 0 Å². The molecule has 0 radical (unpaired) electrons. The summed E-state index contributed by atoms with van der Waals surface area (Å²) < 4.78 is 29.4. The molecule has 0 saturated heterocycles. The van der Waals surface area contributed by atoms with Crippen LogP contribution in [-0.4, -0.2) is 36.4 Å². The summed E-state index contributed by atoms with van der Waals surface area (Å²) in [7, 11) is -3.90. The highest BCUT2D eigenvalue weighted by atomic mass is 32.2. The molecule has 1 aliphatic rings. The SMILES string of the molecule is C=C(C/C(=C\c1ccccc1)c1ccccc1)C1=C(C)CN(S(=O)(=O)c2ccc(C)cc2)C[C@@]1(O)c1ccc(-c2ccccc2)cc1.O. The predicted molar refractivity (Wildman–Crippen MR) is 197 cm³/mol. The van der Waals surface area contributed by atoms with E-state index in [1.54, 1.807) is 24.3 Å². The zero-order chi connectivity index (χ0) is 33.0. The van der Waals surface area contributed by atoms with E-state index in [0.717, 1.165) is 44.5 Å². The van der Waals surface area contributed by atoms with Crippen molar-refractivity contribution in [2.24, 2.45) is 0 Å². The quantitative estimate of drug-likeness (QED) is 0.162. The summed E-state index contributed by atoms with van der Waals surface area (Å²) in [5.41, 5.74) is 7.39. The van der Waals surface area contributed by atoms with Crippen LogP contribution >= 0.6 is 0 Å². The molecule has 1 atom stereocenters. The van der Waals surface area contributed by atoms with Crippen molar-refractivity contribution in [3.8, 4) is 11.1 Å². The van der Waals surface area contributed by atoms with Gasteiger partial charge in [0.1, 0.15) is 5.60 Å². The minimum atomic E-state index is -3.90. The molecule has 0 unspecified atom stereocenters. The number of nitrogens with zero attached hydrogens (tertiary/aromatic N) is 1. The number of aliphatic hydroxyl groups is 1. The lowest BCUT2D eigenvalue weighted by molar-refractivity contribution is 0.0486. The molecule has 6 rings (SSSR count). The molecule has 244 valence electrons. The molecule has 5 aromatic carbocycles. The number of hydrogen-bond acceptors (Lipinski definition) is 3. The van der Waals surface area contributed by atoms with Gasteiger partial charge < -0.3 is 10.6 Å². The molecule has 0 amide bonds. The first kappa shape index (κ1) is 34.5. The fraction of sp³-hybridized carbons (Fsp3) is 0.143. The lowest BCUT2D eigenvalue weighted by Crippen LogP contribution is -2.50. The summed E-state index contributed by atoms with van der Waals surface area (Å²) in [6.45, 7) is 8.40. The monoisotopic (exact) mass is 655 g/mol. The van der Waals surface area contributed by atoms with Crippen LogP contribution in [0.1, 0.15) is 35.6 Å². The molecule has 3 N–H and O–H groups in total. The van der Waals surface area contributed by atoms with Gasteiger partial charge in [-0.15, -0.1) is 0 Å². The lowest BCUT2D eigenvalue weighted by atomic mass is 9.76. The van der Waals surface area contributed by atoms with Crippen molar-refractivity contribution in [2.75, 3.05) is 13.1 Å². The molecule has 0 spiro atoms. The van der Waals surface area contributed by atoms with Gasteiger partial charge in [-0.05, 0) is 76.9 Å². The normalized spacial score (nSPS) is 17.1. The van der Waals surface area contributed by atoms with E-state index in [1.807, 2.05) is 105 Å². The summed E-state index contributed by atoms with van der Waals surface area (Å²) >= 11 is 0. The van der Waals surface area contributed by atoms with Crippen LogP contribution in [0.4, 0.5) is 0 Å². The van der Waals surface area contributed by atoms with Crippen LogP contribution in [0, 0.1) is 6.92 Å². The Morgan fingerprint density at radius 3 is 1.92 bits per heavy atom. The summed E-state index contributed by atoms with van der Waals surface area (Å²) in [5, 5.41) is 12.9. The second kappa shape index (κ2) is 14.5. The Balaban J connectivity index is 0.00000451. The van der Waals surface area contributed by atoms with Gasteiger partial charge in [0.25, 0.3) is 0 Å². The van der Waals surface area contributed by atoms with Crippen LogP contribution in [0.25, 0.3) is 22.8 Å². The maximum atomic E-state index is 14.0. The number of aryl methyl sites for hydroxylation is 1. The number of benzene rings is 5. The number of allylic oxidation sites excluding steroid dienone is 1. The molecule has 0 fully saturated rings. The Labute approximate surface area is 284 Å². The van der Waals surface area contributed by atoms with E-state index in [1.165, 1.54) is 4.31 Å². The van der Waals surface area contributed by atoms with Gasteiger partial charge in [-0.3, -0.25) is 0 Å². The van der Waals surface area contributed by atoms with E-state index in [2.05, 4.69) is 36.9 Å². The third kappa shape index (κ3) is 7.18. The van der Waals surface area contributed by atoms with Gasteiger partial charge in [0.2, 0.25) is 10.0 Å². The van der Waals surface area contributed by atoms with E-state index >= 15 is 0 Å². The smallest absolute Gasteiger partial charge is 0.243 e. The lowest BCUT2D eigenvalue weighted by Gasteiger charge is -2.42. The molecular weight excluding hydrogens is 615 g/mol. The minimum Gasteiger partial charge on any atom is -0.412 e. The van der Waals surface area contributed by atoms with Crippen molar-refractivity contribution < 1.29 is 19.0 Å². The van der Waals surface area contributed by atoms with Gasteiger partial charge >= 0.3 is 0 Å². The highest BCUT2D eigenvalue weighted by molar-refractivity contribution is 7.89. The van der Waals surface area contributed by atoms with Crippen LogP contribution in [0.3, 0.4) is 0 Å². The highest BCUT2D eigenvalue weighted by Crippen LogP contribution is 2.44. The van der Waals surface area contributed by atoms with E-state index < -0.39 is 15.6 Å². The van der Waals surface area contributed by atoms with Gasteiger partial charge in [-0.25, -0.2) is 8.42 Å². The van der Waals surface area contributed by atoms with Crippen LogP contribution in [0.2, 0.25) is 0 Å². The van der Waals surface area contributed by atoms with Crippen molar-refractivity contribution >= 4 is 21.7 Å². The van der Waals surface area contributed by atoms with Crippen LogP contribution in [0.5, 0.6) is 0 Å². The third-order valence-electron chi connectivity index (χ3n) is 8.83. The second-order valence-corrected chi connectivity index (χ2v) is 14.2. The Morgan fingerprint density at radius 1 is 0.771 bits per heavy atom. The summed E-state index contributed by atoms with van der Waals surface area (Å²) in [6, 6.07) is 45.0. The average Bonchev–Trinajstić information content (AvgIpc) is 3.09. The molecule has 5 aromatic rings. The molecule has 48 heavy (non-hydrogen) atoms. The van der Waals surface area contributed by atoms with Crippen LogP contribution in [0.15, 0.2) is 168 Å². The van der Waals surface area contributed by atoms with Crippen molar-refractivity contribution in [3.63, 3.8) is 0 Å². The Kier molecular flexibility index (Phi) is 10.4. The first-order chi connectivity index (χ1) is 22.6. The van der Waals surface area contributed by atoms with Crippen molar-refractivity contribution in [2.45, 2.75) is 30.8 Å². The maximum absolute atomic E-state index is 14.0. The number of β-amino-alcohol motifs (C(OH)–C–C–N with tert-alkyl or cyclic N) is 1. The first-order valence-corrected chi connectivity index (χ1v) is 17.2. The minimum absolute atomic E-state index is 0. The highest BCUT2D eigenvalue weighted by Gasteiger charge is 2.45. The molecule has 0 bridgehead atoms. The topological polar surface area (TPSA) is 89.1 Å². The zero-order valence-corrected chi connectivity index (χ0v) is 28.1. The zero-order valence-electron chi connectivity index (χ0n) is 27.3. The summed E-state index contributed by atoms with van der Waals surface area (Å²) in [6.07, 6.45) is 2.63. The molecule has 6 heteroatoms. The van der Waals surface area contributed by atoms with Gasteiger partial charge in [0.15, 0.2) is 0 Å². The van der Waals surface area contributed by atoms with E-state index in [9.17, 15) is 13.5 Å². The summed E-state index contributed by atoms with van der Waals surface area (Å²) in [4.78, 5) is 0.206. The molecule has 1 aliphatic heterocycles. The van der Waals surface area contributed by atoms with Gasteiger partial charge in [0, 0.05) is 6.54 Å². The largest absolute Gasteiger partial charge is 0.412 e. The van der Waals surface area contributed by atoms with E-state index in [4.69, 9.17) is 0 Å². The fourth-order valence-corrected chi connectivity index (χ4v) is 7.97. The van der Waals surface area contributed by atoms with Crippen molar-refractivity contribution in [1.82, 2.24) is 4.31 Å². The molecular formula is C42H41NO4S. The predicted octanol–water partition coefficient (Wildman–Crippen LogP) is 8.23. The number of hydrogen-bond donors (Lipinski definition) is 1.